The Bertz CT molecular complexity index is 816. The number of rotatable bonds is 8. The largest absolute Gasteiger partial charge is 0.482 e. The van der Waals surface area contributed by atoms with Gasteiger partial charge in [0.15, 0.2) is 12.7 Å². The van der Waals surface area contributed by atoms with Gasteiger partial charge in [0, 0.05) is 18.3 Å². The fourth-order valence-corrected chi connectivity index (χ4v) is 2.33. The normalized spacial score (nSPS) is 11.2. The number of ether oxygens (including phenoxy) is 2. The zero-order valence-corrected chi connectivity index (χ0v) is 16.2. The van der Waals surface area contributed by atoms with E-state index in [-0.39, 0.29) is 12.5 Å². The summed E-state index contributed by atoms with van der Waals surface area (Å²) in [5.41, 5.74) is 2.31. The lowest BCUT2D eigenvalue weighted by Crippen LogP contribution is -2.31. The number of carbonyl (C=O) groups is 3. The molecule has 2 N–H and O–H groups in total. The van der Waals surface area contributed by atoms with E-state index in [4.69, 9.17) is 9.47 Å². The van der Waals surface area contributed by atoms with Crippen molar-refractivity contribution in [2.24, 2.45) is 0 Å². The van der Waals surface area contributed by atoms with Crippen molar-refractivity contribution in [2.45, 2.75) is 33.3 Å². The molecule has 2 amide bonds. The first-order valence-corrected chi connectivity index (χ1v) is 8.97. The van der Waals surface area contributed by atoms with Gasteiger partial charge in [-0.25, -0.2) is 4.79 Å². The van der Waals surface area contributed by atoms with Gasteiger partial charge in [-0.1, -0.05) is 19.1 Å². The predicted molar refractivity (Wildman–Crippen MR) is 106 cm³/mol. The van der Waals surface area contributed by atoms with Crippen LogP contribution in [0.5, 0.6) is 5.75 Å². The van der Waals surface area contributed by atoms with Crippen molar-refractivity contribution < 1.29 is 23.9 Å². The first-order valence-electron chi connectivity index (χ1n) is 8.97. The highest BCUT2D eigenvalue weighted by atomic mass is 16.6. The highest BCUT2D eigenvalue weighted by molar-refractivity contribution is 5.95. The third kappa shape index (κ3) is 6.75. The van der Waals surface area contributed by atoms with E-state index >= 15 is 0 Å². The summed E-state index contributed by atoms with van der Waals surface area (Å²) in [6.45, 7) is 4.66. The molecular weight excluding hydrogens is 360 g/mol. The second-order valence-corrected chi connectivity index (χ2v) is 6.17. The van der Waals surface area contributed by atoms with Crippen LogP contribution >= 0.6 is 0 Å². The van der Waals surface area contributed by atoms with Crippen LogP contribution in [0.2, 0.25) is 0 Å². The zero-order valence-electron chi connectivity index (χ0n) is 16.2. The maximum Gasteiger partial charge on any atom is 0.344 e. The number of hydrogen-bond donors (Lipinski definition) is 2. The lowest BCUT2D eigenvalue weighted by atomic mass is 10.2. The zero-order chi connectivity index (χ0) is 20.5. The van der Waals surface area contributed by atoms with Gasteiger partial charge in [0.1, 0.15) is 5.75 Å². The molecule has 0 saturated heterocycles. The van der Waals surface area contributed by atoms with Gasteiger partial charge < -0.3 is 20.1 Å². The molecular formula is C21H24N2O5. The van der Waals surface area contributed by atoms with E-state index < -0.39 is 18.0 Å². The van der Waals surface area contributed by atoms with E-state index in [1.807, 2.05) is 12.1 Å². The molecule has 0 aliphatic rings. The molecule has 0 radical (unpaired) electrons. The monoisotopic (exact) mass is 384 g/mol. The molecule has 0 aromatic heterocycles. The van der Waals surface area contributed by atoms with Crippen molar-refractivity contribution in [2.75, 3.05) is 17.2 Å². The summed E-state index contributed by atoms with van der Waals surface area (Å²) in [5, 5.41) is 5.28. The average Bonchev–Trinajstić information content (AvgIpc) is 2.67. The molecule has 2 aromatic carbocycles. The molecule has 0 bridgehead atoms. The van der Waals surface area contributed by atoms with Crippen molar-refractivity contribution >= 4 is 29.2 Å². The summed E-state index contributed by atoms with van der Waals surface area (Å²) in [5.74, 6) is -0.720. The molecule has 0 spiro atoms. The second-order valence-electron chi connectivity index (χ2n) is 6.17. The SMILES string of the molecule is CCc1ccc(OCC(=O)O[C@H](C)C(=O)Nc2ccc(NC(C)=O)cc2)cc1. The van der Waals surface area contributed by atoms with Gasteiger partial charge in [0.2, 0.25) is 5.91 Å². The van der Waals surface area contributed by atoms with Crippen LogP contribution in [0.15, 0.2) is 48.5 Å². The highest BCUT2D eigenvalue weighted by Gasteiger charge is 2.18. The molecule has 2 rings (SSSR count). The molecule has 1 atom stereocenters. The Morgan fingerprint density at radius 2 is 1.50 bits per heavy atom. The first kappa shape index (κ1) is 21.0. The number of carbonyl (C=O) groups excluding carboxylic acids is 3. The summed E-state index contributed by atoms with van der Waals surface area (Å²) in [6.07, 6.45) is -0.0566. The van der Waals surface area contributed by atoms with E-state index in [2.05, 4.69) is 17.6 Å². The van der Waals surface area contributed by atoms with Crippen molar-refractivity contribution in [1.82, 2.24) is 0 Å². The van der Waals surface area contributed by atoms with Crippen LogP contribution in [0.3, 0.4) is 0 Å². The Kier molecular flexibility index (Phi) is 7.56. The number of hydrogen-bond acceptors (Lipinski definition) is 5. The molecule has 0 aliphatic heterocycles. The Hall–Kier alpha value is -3.35. The smallest absolute Gasteiger partial charge is 0.344 e. The molecule has 28 heavy (non-hydrogen) atoms. The molecule has 2 aromatic rings. The summed E-state index contributed by atoms with van der Waals surface area (Å²) in [7, 11) is 0. The van der Waals surface area contributed by atoms with Crippen LogP contribution in [-0.2, 0) is 25.5 Å². The van der Waals surface area contributed by atoms with Gasteiger partial charge in [0.05, 0.1) is 0 Å². The van der Waals surface area contributed by atoms with E-state index in [9.17, 15) is 14.4 Å². The number of esters is 1. The van der Waals surface area contributed by atoms with Crippen molar-refractivity contribution in [3.8, 4) is 5.75 Å². The maximum absolute atomic E-state index is 12.2. The van der Waals surface area contributed by atoms with Crippen LogP contribution in [-0.4, -0.2) is 30.5 Å². The van der Waals surface area contributed by atoms with E-state index in [1.165, 1.54) is 19.4 Å². The molecule has 0 fully saturated rings. The summed E-state index contributed by atoms with van der Waals surface area (Å²) in [4.78, 5) is 35.0. The number of aryl methyl sites for hydroxylation is 1. The Morgan fingerprint density at radius 3 is 2.04 bits per heavy atom. The van der Waals surface area contributed by atoms with Crippen LogP contribution in [0.1, 0.15) is 26.3 Å². The van der Waals surface area contributed by atoms with Crippen LogP contribution in [0.25, 0.3) is 0 Å². The molecule has 148 valence electrons. The third-order valence-electron chi connectivity index (χ3n) is 3.84. The van der Waals surface area contributed by atoms with Gasteiger partial charge >= 0.3 is 5.97 Å². The first-order chi connectivity index (χ1) is 13.4. The number of anilines is 2. The molecule has 7 nitrogen and oxygen atoms in total. The van der Waals surface area contributed by atoms with Crippen LogP contribution in [0.4, 0.5) is 11.4 Å². The van der Waals surface area contributed by atoms with Gasteiger partial charge in [-0.15, -0.1) is 0 Å². The lowest BCUT2D eigenvalue weighted by molar-refractivity contribution is -0.155. The number of benzene rings is 2. The second kappa shape index (κ2) is 10.1. The third-order valence-corrected chi connectivity index (χ3v) is 3.84. The number of nitrogens with one attached hydrogen (secondary N) is 2. The molecule has 0 saturated carbocycles. The highest BCUT2D eigenvalue weighted by Crippen LogP contribution is 2.15. The fraction of sp³-hybridized carbons (Fsp3) is 0.286. The van der Waals surface area contributed by atoms with Gasteiger partial charge in [-0.2, -0.15) is 0 Å². The van der Waals surface area contributed by atoms with Crippen molar-refractivity contribution in [3.63, 3.8) is 0 Å². The van der Waals surface area contributed by atoms with E-state index in [1.54, 1.807) is 36.4 Å². The van der Waals surface area contributed by atoms with Crippen molar-refractivity contribution in [3.05, 3.63) is 54.1 Å². The van der Waals surface area contributed by atoms with E-state index in [0.717, 1.165) is 6.42 Å². The maximum atomic E-state index is 12.2. The summed E-state index contributed by atoms with van der Waals surface area (Å²) >= 11 is 0. The predicted octanol–water partition coefficient (Wildman–Crippen LogP) is 3.16. The standard InChI is InChI=1S/C21H24N2O5/c1-4-16-5-11-19(12-6-16)27-13-20(25)28-14(2)21(26)23-18-9-7-17(8-10-18)22-15(3)24/h5-12,14H,4,13H2,1-3H3,(H,22,24)(H,23,26)/t14-/m1/s1. The quantitative estimate of drug-likeness (QED) is 0.682. The minimum absolute atomic E-state index is 0.180. The minimum Gasteiger partial charge on any atom is -0.482 e. The Balaban J connectivity index is 1.78. The Morgan fingerprint density at radius 1 is 0.929 bits per heavy atom. The summed E-state index contributed by atoms with van der Waals surface area (Å²) in [6, 6.07) is 14.0. The lowest BCUT2D eigenvalue weighted by Gasteiger charge is -2.14. The van der Waals surface area contributed by atoms with Crippen LogP contribution < -0.4 is 15.4 Å². The topological polar surface area (TPSA) is 93.7 Å². The van der Waals surface area contributed by atoms with Gasteiger partial charge in [0.25, 0.3) is 5.91 Å². The van der Waals surface area contributed by atoms with E-state index in [0.29, 0.717) is 17.1 Å². The number of amides is 2. The van der Waals surface area contributed by atoms with Gasteiger partial charge in [-0.3, -0.25) is 9.59 Å². The summed E-state index contributed by atoms with van der Waals surface area (Å²) < 4.78 is 10.5. The van der Waals surface area contributed by atoms with Crippen LogP contribution in [0, 0.1) is 0 Å². The Labute approximate surface area is 164 Å². The minimum atomic E-state index is -0.978. The molecule has 0 aliphatic carbocycles. The fourth-order valence-electron chi connectivity index (χ4n) is 2.33. The molecule has 0 unspecified atom stereocenters. The van der Waals surface area contributed by atoms with Gasteiger partial charge in [-0.05, 0) is 55.3 Å². The molecule has 0 heterocycles. The molecule has 7 heteroatoms. The van der Waals surface area contributed by atoms with Crippen molar-refractivity contribution in [1.29, 1.82) is 0 Å². The average molecular weight is 384 g/mol.